The summed E-state index contributed by atoms with van der Waals surface area (Å²) in [6, 6.07) is 3.19. The SMILES string of the molecule is C=C(C=C(C)CCC=C(C)C)CC(C)=CCc1cc(O)cc(C)c1O. The lowest BCUT2D eigenvalue weighted by atomic mass is 10.0. The highest BCUT2D eigenvalue weighted by atomic mass is 16.3. The fourth-order valence-corrected chi connectivity index (χ4v) is 2.76. The number of benzene rings is 1. The molecule has 0 aliphatic rings. The predicted octanol–water partition coefficient (Wildman–Crippen LogP) is 6.53. The van der Waals surface area contributed by atoms with Crippen LogP contribution in [0.15, 0.2) is 59.2 Å². The number of phenols is 2. The van der Waals surface area contributed by atoms with Crippen LogP contribution in [0.4, 0.5) is 0 Å². The van der Waals surface area contributed by atoms with E-state index in [-0.39, 0.29) is 11.5 Å². The molecule has 0 radical (unpaired) electrons. The first-order chi connectivity index (χ1) is 11.7. The maximum absolute atomic E-state index is 10.1. The molecule has 0 unspecified atom stereocenters. The van der Waals surface area contributed by atoms with E-state index in [9.17, 15) is 10.2 Å². The van der Waals surface area contributed by atoms with E-state index in [1.54, 1.807) is 19.1 Å². The molecule has 2 N–H and O–H groups in total. The van der Waals surface area contributed by atoms with Gasteiger partial charge >= 0.3 is 0 Å². The number of phenolic OH excluding ortho intramolecular Hbond substituents is 2. The minimum atomic E-state index is 0.190. The van der Waals surface area contributed by atoms with Crippen LogP contribution >= 0.6 is 0 Å². The standard InChI is InChI=1S/C23H32O2/c1-16(2)8-7-9-17(3)12-19(5)13-18(4)10-11-21-15-22(24)14-20(6)23(21)25/h8,10,12,14-15,24-25H,5,7,9,11,13H2,1-4,6H3. The van der Waals surface area contributed by atoms with Crippen LogP contribution in [0.3, 0.4) is 0 Å². The van der Waals surface area contributed by atoms with Gasteiger partial charge in [0.2, 0.25) is 0 Å². The number of rotatable bonds is 8. The Labute approximate surface area is 152 Å². The van der Waals surface area contributed by atoms with E-state index >= 15 is 0 Å². The number of hydrogen-bond acceptors (Lipinski definition) is 2. The van der Waals surface area contributed by atoms with Crippen LogP contribution in [0.2, 0.25) is 0 Å². The van der Waals surface area contributed by atoms with Crippen molar-refractivity contribution in [3.05, 3.63) is 70.4 Å². The summed E-state index contributed by atoms with van der Waals surface area (Å²) >= 11 is 0. The molecule has 0 fully saturated rings. The molecule has 1 rings (SSSR count). The first kappa shape index (κ1) is 20.8. The number of aryl methyl sites for hydroxylation is 1. The summed E-state index contributed by atoms with van der Waals surface area (Å²) in [6.45, 7) is 14.4. The van der Waals surface area contributed by atoms with Crippen LogP contribution in [0.5, 0.6) is 11.5 Å². The average molecular weight is 341 g/mol. The monoisotopic (exact) mass is 340 g/mol. The lowest BCUT2D eigenvalue weighted by Gasteiger charge is -2.08. The van der Waals surface area contributed by atoms with Crippen LogP contribution < -0.4 is 0 Å². The molecule has 2 nitrogen and oxygen atoms in total. The highest BCUT2D eigenvalue weighted by molar-refractivity contribution is 5.46. The normalized spacial score (nSPS) is 12.2. The zero-order valence-electron chi connectivity index (χ0n) is 16.3. The number of aromatic hydroxyl groups is 2. The highest BCUT2D eigenvalue weighted by Gasteiger charge is 2.06. The summed E-state index contributed by atoms with van der Waals surface area (Å²) in [5.74, 6) is 0.450. The van der Waals surface area contributed by atoms with Crippen molar-refractivity contribution in [3.63, 3.8) is 0 Å². The molecule has 0 atom stereocenters. The Balaban J connectivity index is 2.63. The largest absolute Gasteiger partial charge is 0.508 e. The molecule has 0 amide bonds. The van der Waals surface area contributed by atoms with E-state index in [2.05, 4.69) is 52.5 Å². The van der Waals surface area contributed by atoms with Gasteiger partial charge in [0, 0.05) is 5.56 Å². The first-order valence-electron chi connectivity index (χ1n) is 8.84. The molecule has 2 heteroatoms. The number of allylic oxidation sites excluding steroid dienone is 7. The van der Waals surface area contributed by atoms with Gasteiger partial charge in [0.25, 0.3) is 0 Å². The molecule has 0 heterocycles. The Kier molecular flexibility index (Phi) is 8.27. The van der Waals surface area contributed by atoms with Gasteiger partial charge in [0.15, 0.2) is 0 Å². The second kappa shape index (κ2) is 9.93. The minimum Gasteiger partial charge on any atom is -0.508 e. The van der Waals surface area contributed by atoms with E-state index in [1.807, 2.05) is 0 Å². The number of hydrogen-bond donors (Lipinski definition) is 2. The Hall–Kier alpha value is -2.22. The van der Waals surface area contributed by atoms with Crippen molar-refractivity contribution in [2.75, 3.05) is 0 Å². The Morgan fingerprint density at radius 3 is 2.36 bits per heavy atom. The van der Waals surface area contributed by atoms with Gasteiger partial charge in [0.05, 0.1) is 0 Å². The molecular weight excluding hydrogens is 308 g/mol. The molecule has 0 spiro atoms. The molecule has 25 heavy (non-hydrogen) atoms. The fraction of sp³-hybridized carbons (Fsp3) is 0.391. The molecule has 0 aliphatic heterocycles. The summed E-state index contributed by atoms with van der Waals surface area (Å²) in [4.78, 5) is 0. The first-order valence-corrected chi connectivity index (χ1v) is 8.84. The van der Waals surface area contributed by atoms with Crippen LogP contribution in [0.25, 0.3) is 0 Å². The van der Waals surface area contributed by atoms with Gasteiger partial charge in [-0.25, -0.2) is 0 Å². The van der Waals surface area contributed by atoms with Crippen molar-refractivity contribution in [2.24, 2.45) is 0 Å². The van der Waals surface area contributed by atoms with Crippen molar-refractivity contribution in [1.82, 2.24) is 0 Å². The second-order valence-corrected chi connectivity index (χ2v) is 7.17. The van der Waals surface area contributed by atoms with Gasteiger partial charge in [-0.15, -0.1) is 0 Å². The van der Waals surface area contributed by atoms with Crippen molar-refractivity contribution in [1.29, 1.82) is 0 Å². The smallest absolute Gasteiger partial charge is 0.122 e. The molecule has 1 aromatic rings. The molecule has 1 aromatic carbocycles. The van der Waals surface area contributed by atoms with Crippen molar-refractivity contribution in [2.45, 2.75) is 60.3 Å². The van der Waals surface area contributed by atoms with E-state index in [0.717, 1.165) is 30.4 Å². The lowest BCUT2D eigenvalue weighted by Crippen LogP contribution is -1.89. The van der Waals surface area contributed by atoms with E-state index in [4.69, 9.17) is 0 Å². The van der Waals surface area contributed by atoms with Crippen LogP contribution in [0.1, 0.15) is 58.1 Å². The minimum absolute atomic E-state index is 0.190. The molecule has 0 saturated carbocycles. The van der Waals surface area contributed by atoms with Gasteiger partial charge in [-0.2, -0.15) is 0 Å². The van der Waals surface area contributed by atoms with Gasteiger partial charge in [-0.1, -0.05) is 47.1 Å². The zero-order valence-corrected chi connectivity index (χ0v) is 16.3. The predicted molar refractivity (Wildman–Crippen MR) is 108 cm³/mol. The molecule has 136 valence electrons. The summed E-state index contributed by atoms with van der Waals surface area (Å²) in [6.07, 6.45) is 10.1. The molecule has 0 aromatic heterocycles. The molecule has 0 saturated heterocycles. The third-order valence-corrected chi connectivity index (χ3v) is 4.08. The summed E-state index contributed by atoms with van der Waals surface area (Å²) < 4.78 is 0. The summed E-state index contributed by atoms with van der Waals surface area (Å²) in [7, 11) is 0. The maximum atomic E-state index is 10.1. The Morgan fingerprint density at radius 2 is 1.72 bits per heavy atom. The van der Waals surface area contributed by atoms with Gasteiger partial charge < -0.3 is 10.2 Å². The quantitative estimate of drug-likeness (QED) is 0.321. The second-order valence-electron chi connectivity index (χ2n) is 7.17. The molecule has 0 bridgehead atoms. The Morgan fingerprint density at radius 1 is 1.04 bits per heavy atom. The van der Waals surface area contributed by atoms with Crippen LogP contribution in [0, 0.1) is 6.92 Å². The van der Waals surface area contributed by atoms with Crippen molar-refractivity contribution in [3.8, 4) is 11.5 Å². The van der Waals surface area contributed by atoms with E-state index in [0.29, 0.717) is 12.0 Å². The molecular formula is C23H32O2. The van der Waals surface area contributed by atoms with Crippen LogP contribution in [-0.2, 0) is 6.42 Å². The van der Waals surface area contributed by atoms with Gasteiger partial charge in [-0.05, 0) is 78.0 Å². The van der Waals surface area contributed by atoms with Gasteiger partial charge in [-0.3, -0.25) is 0 Å². The third kappa shape index (κ3) is 7.93. The van der Waals surface area contributed by atoms with Crippen molar-refractivity contribution >= 4 is 0 Å². The summed E-state index contributed by atoms with van der Waals surface area (Å²) in [5.41, 5.74) is 6.45. The van der Waals surface area contributed by atoms with E-state index in [1.165, 1.54) is 16.7 Å². The zero-order chi connectivity index (χ0) is 19.0. The topological polar surface area (TPSA) is 40.5 Å². The summed E-state index contributed by atoms with van der Waals surface area (Å²) in [5, 5.41) is 19.8. The fourth-order valence-electron chi connectivity index (χ4n) is 2.76. The maximum Gasteiger partial charge on any atom is 0.122 e. The average Bonchev–Trinajstić information content (AvgIpc) is 2.48. The van der Waals surface area contributed by atoms with Gasteiger partial charge in [0.1, 0.15) is 11.5 Å². The van der Waals surface area contributed by atoms with Crippen molar-refractivity contribution < 1.29 is 10.2 Å². The Bertz CT molecular complexity index is 699. The molecule has 0 aliphatic carbocycles. The van der Waals surface area contributed by atoms with Crippen LogP contribution in [-0.4, -0.2) is 10.2 Å². The third-order valence-electron chi connectivity index (χ3n) is 4.08. The van der Waals surface area contributed by atoms with E-state index < -0.39 is 0 Å². The lowest BCUT2D eigenvalue weighted by molar-refractivity contribution is 0.451. The highest BCUT2D eigenvalue weighted by Crippen LogP contribution is 2.28.